The van der Waals surface area contributed by atoms with E-state index < -0.39 is 11.4 Å². The Balaban J connectivity index is 1.33. The largest absolute Gasteiger partial charge is 0.342 e. The zero-order valence-corrected chi connectivity index (χ0v) is 24.2. The molecule has 43 heavy (non-hydrogen) atoms. The van der Waals surface area contributed by atoms with Crippen LogP contribution in [0.1, 0.15) is 55.7 Å². The Morgan fingerprint density at radius 1 is 0.977 bits per heavy atom. The van der Waals surface area contributed by atoms with Crippen LogP contribution in [0.15, 0.2) is 67.3 Å². The fourth-order valence-corrected chi connectivity index (χ4v) is 5.52. The number of imidazole rings is 2. The van der Waals surface area contributed by atoms with Gasteiger partial charge in [-0.15, -0.1) is 0 Å². The molecular formula is C32H31F2N7O2. The fraction of sp³-hybridized carbons (Fsp3) is 0.312. The number of amides is 1. The standard InChI is InChI=1S/C32H31F2N7O2/c1-32(2,3)31(43)39-14-11-24(12-15-39)40-19-36-29(20-4-6-22(33)7-5-20)30(40)25-8-9-28-37-23(18-41(28)38-25)17-26(42)21-10-13-35-27(34)16-21/h4-10,13,16,18-19,24H,11-12,14-15,17H2,1-3H3. The summed E-state index contributed by atoms with van der Waals surface area (Å²) in [5.41, 5.74) is 3.64. The average molecular weight is 584 g/mol. The summed E-state index contributed by atoms with van der Waals surface area (Å²) in [6.45, 7) is 7.07. The normalized spacial score (nSPS) is 14.4. The second-order valence-corrected chi connectivity index (χ2v) is 11.9. The van der Waals surface area contributed by atoms with E-state index in [1.807, 2.05) is 37.8 Å². The molecular weight excluding hydrogens is 552 g/mol. The first-order valence-electron chi connectivity index (χ1n) is 14.2. The number of halogens is 2. The van der Waals surface area contributed by atoms with Gasteiger partial charge in [0, 0.05) is 47.9 Å². The molecule has 5 heterocycles. The lowest BCUT2D eigenvalue weighted by molar-refractivity contribution is -0.140. The van der Waals surface area contributed by atoms with Crippen LogP contribution in [0.25, 0.3) is 28.3 Å². The first kappa shape index (κ1) is 28.3. The smallest absolute Gasteiger partial charge is 0.227 e. The third-order valence-electron chi connectivity index (χ3n) is 7.70. The summed E-state index contributed by atoms with van der Waals surface area (Å²) in [4.78, 5) is 40.3. The number of likely N-dealkylation sites (tertiary alicyclic amines) is 1. The maximum absolute atomic E-state index is 13.8. The summed E-state index contributed by atoms with van der Waals surface area (Å²) < 4.78 is 31.0. The van der Waals surface area contributed by atoms with Gasteiger partial charge in [-0.1, -0.05) is 20.8 Å². The van der Waals surface area contributed by atoms with Crippen molar-refractivity contribution >= 4 is 17.3 Å². The fourth-order valence-electron chi connectivity index (χ4n) is 5.52. The van der Waals surface area contributed by atoms with Gasteiger partial charge < -0.3 is 9.47 Å². The van der Waals surface area contributed by atoms with Crippen LogP contribution in [0, 0.1) is 17.2 Å². The van der Waals surface area contributed by atoms with Crippen molar-refractivity contribution in [2.45, 2.75) is 46.1 Å². The van der Waals surface area contributed by atoms with Crippen LogP contribution in [-0.4, -0.2) is 58.8 Å². The Morgan fingerprint density at radius 3 is 2.42 bits per heavy atom. The Bertz CT molecular complexity index is 1810. The quantitative estimate of drug-likeness (QED) is 0.192. The molecule has 4 aromatic heterocycles. The molecule has 9 nitrogen and oxygen atoms in total. The Hall–Kier alpha value is -4.80. The predicted octanol–water partition coefficient (Wildman–Crippen LogP) is 5.57. The van der Waals surface area contributed by atoms with Gasteiger partial charge in [0.2, 0.25) is 11.9 Å². The SMILES string of the molecule is CC(C)(C)C(=O)N1CCC(n2cnc(-c3ccc(F)cc3)c2-c2ccc3nc(CC(=O)c4ccnc(F)c4)cn3n2)CC1. The van der Waals surface area contributed by atoms with Crippen LogP contribution in [0.4, 0.5) is 8.78 Å². The van der Waals surface area contributed by atoms with Crippen LogP contribution < -0.4 is 0 Å². The van der Waals surface area contributed by atoms with Gasteiger partial charge >= 0.3 is 0 Å². The van der Waals surface area contributed by atoms with Gasteiger partial charge in [0.25, 0.3) is 0 Å². The second-order valence-electron chi connectivity index (χ2n) is 11.9. The molecule has 1 aromatic carbocycles. The molecule has 0 radical (unpaired) electrons. The van der Waals surface area contributed by atoms with E-state index in [0.717, 1.165) is 30.2 Å². The van der Waals surface area contributed by atoms with Crippen molar-refractivity contribution in [3.05, 3.63) is 90.3 Å². The summed E-state index contributed by atoms with van der Waals surface area (Å²) >= 11 is 0. The highest BCUT2D eigenvalue weighted by Crippen LogP contribution is 2.36. The molecule has 1 amide bonds. The Morgan fingerprint density at radius 2 is 1.72 bits per heavy atom. The minimum Gasteiger partial charge on any atom is -0.342 e. The van der Waals surface area contributed by atoms with Crippen molar-refractivity contribution in [1.29, 1.82) is 0 Å². The highest BCUT2D eigenvalue weighted by molar-refractivity contribution is 5.97. The van der Waals surface area contributed by atoms with E-state index in [1.54, 1.807) is 29.2 Å². The van der Waals surface area contributed by atoms with Gasteiger partial charge in [0.1, 0.15) is 11.5 Å². The number of benzene rings is 1. The number of ketones is 1. The number of fused-ring (bicyclic) bond motifs is 1. The third-order valence-corrected chi connectivity index (χ3v) is 7.70. The predicted molar refractivity (Wildman–Crippen MR) is 156 cm³/mol. The number of piperidine rings is 1. The molecule has 0 bridgehead atoms. The van der Waals surface area contributed by atoms with Crippen molar-refractivity contribution in [2.75, 3.05) is 13.1 Å². The molecule has 0 atom stereocenters. The van der Waals surface area contributed by atoms with Crippen LogP contribution in [0.5, 0.6) is 0 Å². The van der Waals surface area contributed by atoms with Crippen molar-refractivity contribution in [3.63, 3.8) is 0 Å². The molecule has 0 saturated carbocycles. The van der Waals surface area contributed by atoms with Gasteiger partial charge in [0.15, 0.2) is 11.4 Å². The Kier molecular flexibility index (Phi) is 7.33. The van der Waals surface area contributed by atoms with Crippen LogP contribution in [0.3, 0.4) is 0 Å². The lowest BCUT2D eigenvalue weighted by Crippen LogP contribution is -2.44. The van der Waals surface area contributed by atoms with E-state index >= 15 is 0 Å². The average Bonchev–Trinajstić information content (AvgIpc) is 3.60. The monoisotopic (exact) mass is 583 g/mol. The van der Waals surface area contributed by atoms with E-state index in [4.69, 9.17) is 10.1 Å². The van der Waals surface area contributed by atoms with Crippen molar-refractivity contribution < 1.29 is 18.4 Å². The van der Waals surface area contributed by atoms with E-state index in [1.165, 1.54) is 24.4 Å². The summed E-state index contributed by atoms with van der Waals surface area (Å²) in [6.07, 6.45) is 6.22. The van der Waals surface area contributed by atoms with Crippen LogP contribution >= 0.6 is 0 Å². The molecule has 0 N–H and O–H groups in total. The topological polar surface area (TPSA) is 98.3 Å². The molecule has 0 aliphatic carbocycles. The van der Waals surface area contributed by atoms with Gasteiger partial charge in [-0.2, -0.15) is 9.49 Å². The van der Waals surface area contributed by atoms with Crippen molar-refractivity contribution in [2.24, 2.45) is 5.41 Å². The summed E-state index contributed by atoms with van der Waals surface area (Å²) in [5.74, 6) is -1.19. The summed E-state index contributed by atoms with van der Waals surface area (Å²) in [6, 6.07) is 12.5. The van der Waals surface area contributed by atoms with E-state index in [9.17, 15) is 18.4 Å². The number of aromatic nitrogens is 6. The zero-order chi connectivity index (χ0) is 30.3. The summed E-state index contributed by atoms with van der Waals surface area (Å²) in [5, 5.41) is 4.84. The highest BCUT2D eigenvalue weighted by atomic mass is 19.1. The first-order valence-corrected chi connectivity index (χ1v) is 14.2. The van der Waals surface area contributed by atoms with E-state index in [2.05, 4.69) is 14.5 Å². The van der Waals surface area contributed by atoms with Crippen LogP contribution in [0.2, 0.25) is 0 Å². The number of rotatable bonds is 6. The minimum atomic E-state index is -0.716. The van der Waals surface area contributed by atoms with Gasteiger partial charge in [-0.05, 0) is 55.3 Å². The molecule has 1 aliphatic rings. The molecule has 1 fully saturated rings. The number of hydrogen-bond donors (Lipinski definition) is 0. The van der Waals surface area contributed by atoms with E-state index in [-0.39, 0.29) is 35.5 Å². The summed E-state index contributed by atoms with van der Waals surface area (Å²) in [7, 11) is 0. The van der Waals surface area contributed by atoms with E-state index in [0.29, 0.717) is 35.8 Å². The van der Waals surface area contributed by atoms with Gasteiger partial charge in [-0.3, -0.25) is 9.59 Å². The van der Waals surface area contributed by atoms with Gasteiger partial charge in [0.05, 0.1) is 36.0 Å². The highest BCUT2D eigenvalue weighted by Gasteiger charge is 2.32. The second kappa shape index (κ2) is 11.1. The zero-order valence-electron chi connectivity index (χ0n) is 24.2. The number of carbonyl (C=O) groups excluding carboxylic acids is 2. The molecule has 6 rings (SSSR count). The molecule has 220 valence electrons. The third kappa shape index (κ3) is 5.79. The Labute approximate surface area is 247 Å². The maximum atomic E-state index is 13.8. The number of pyridine rings is 1. The molecule has 0 unspecified atom stereocenters. The maximum Gasteiger partial charge on any atom is 0.227 e. The lowest BCUT2D eigenvalue weighted by Gasteiger charge is -2.36. The number of carbonyl (C=O) groups is 2. The number of nitrogens with zero attached hydrogens (tertiary/aromatic N) is 7. The number of Topliss-reactive ketones (excluding diaryl/α,β-unsaturated/α-hetero) is 1. The minimum absolute atomic E-state index is 0.0211. The van der Waals surface area contributed by atoms with Crippen molar-refractivity contribution in [3.8, 4) is 22.6 Å². The molecule has 0 spiro atoms. The van der Waals surface area contributed by atoms with Gasteiger partial charge in [-0.25, -0.2) is 23.9 Å². The number of hydrogen-bond acceptors (Lipinski definition) is 6. The first-order chi connectivity index (χ1) is 20.6. The molecule has 1 saturated heterocycles. The van der Waals surface area contributed by atoms with Crippen molar-refractivity contribution in [1.82, 2.24) is 34.0 Å². The lowest BCUT2D eigenvalue weighted by atomic mass is 9.93. The molecule has 11 heteroatoms. The molecule has 1 aliphatic heterocycles. The molecule has 5 aromatic rings. The van der Waals surface area contributed by atoms with Crippen LogP contribution in [-0.2, 0) is 11.2 Å².